The largest absolute Gasteiger partial charge is 0.493 e. The van der Waals surface area contributed by atoms with Gasteiger partial charge in [-0.1, -0.05) is 6.07 Å². The summed E-state index contributed by atoms with van der Waals surface area (Å²) in [7, 11) is 5.36. The van der Waals surface area contributed by atoms with Gasteiger partial charge in [-0.05, 0) is 69.3 Å². The highest BCUT2D eigenvalue weighted by Crippen LogP contribution is 2.63. The molecule has 0 radical (unpaired) electrons. The highest BCUT2D eigenvalue weighted by atomic mass is 16.6. The quantitative estimate of drug-likeness (QED) is 0.0745. The molecule has 1 fully saturated rings. The van der Waals surface area contributed by atoms with Gasteiger partial charge in [-0.15, -0.1) is 0 Å². The third-order valence-electron chi connectivity index (χ3n) is 9.64. The van der Waals surface area contributed by atoms with Gasteiger partial charge in [0, 0.05) is 43.7 Å². The molecule has 15 heteroatoms. The number of likely N-dealkylation sites (tertiary alicyclic amines) is 1. The SMILES string of the molecule is COc1ccc2c3c1OC1C(OC(=O)N(C)CCNC(=O)[C@H](CCCNC(=N)N)NC(=O)CC(=O)O)=CCC4[C@@H](C2)N(C)CC[C@]314. The summed E-state index contributed by atoms with van der Waals surface area (Å²) >= 11 is 0. The molecule has 2 heterocycles. The lowest BCUT2D eigenvalue weighted by Crippen LogP contribution is -2.63. The van der Waals surface area contributed by atoms with E-state index in [0.717, 1.165) is 31.6 Å². The van der Waals surface area contributed by atoms with E-state index in [1.54, 1.807) is 14.2 Å². The molecule has 250 valence electrons. The number of aliphatic carboxylic acids is 1. The average molecular weight is 642 g/mol. The minimum atomic E-state index is -1.32. The summed E-state index contributed by atoms with van der Waals surface area (Å²) in [5.74, 6) is -0.669. The van der Waals surface area contributed by atoms with Crippen LogP contribution in [0.2, 0.25) is 0 Å². The number of rotatable bonds is 13. The number of hydrogen-bond acceptors (Lipinski definition) is 9. The Morgan fingerprint density at radius 3 is 2.76 bits per heavy atom. The lowest BCUT2D eigenvalue weighted by atomic mass is 9.53. The number of carbonyl (C=O) groups excluding carboxylic acids is 3. The minimum Gasteiger partial charge on any atom is -0.493 e. The molecule has 5 rings (SSSR count). The highest BCUT2D eigenvalue weighted by Gasteiger charge is 2.64. The predicted molar refractivity (Wildman–Crippen MR) is 165 cm³/mol. The van der Waals surface area contributed by atoms with Crippen molar-refractivity contribution in [2.24, 2.45) is 11.7 Å². The summed E-state index contributed by atoms with van der Waals surface area (Å²) in [6.45, 7) is 1.38. The van der Waals surface area contributed by atoms with Gasteiger partial charge in [-0.2, -0.15) is 0 Å². The Balaban J connectivity index is 1.20. The van der Waals surface area contributed by atoms with Crippen molar-refractivity contribution in [1.82, 2.24) is 25.8 Å². The fourth-order valence-electron chi connectivity index (χ4n) is 7.48. The summed E-state index contributed by atoms with van der Waals surface area (Å²) in [6.07, 6.45) is 3.26. The van der Waals surface area contributed by atoms with E-state index in [1.165, 1.54) is 16.0 Å². The summed E-state index contributed by atoms with van der Waals surface area (Å²) < 4.78 is 18.3. The highest BCUT2D eigenvalue weighted by molar-refractivity contribution is 5.96. The molecule has 1 aromatic rings. The number of nitrogens with one attached hydrogen (secondary N) is 4. The van der Waals surface area contributed by atoms with Crippen LogP contribution < -0.4 is 31.2 Å². The van der Waals surface area contributed by atoms with Crippen molar-refractivity contribution in [3.63, 3.8) is 0 Å². The van der Waals surface area contributed by atoms with Crippen LogP contribution in [0.25, 0.3) is 0 Å². The number of nitrogens with two attached hydrogens (primary N) is 1. The third kappa shape index (κ3) is 6.28. The van der Waals surface area contributed by atoms with Crippen LogP contribution in [0.15, 0.2) is 24.0 Å². The number of allylic oxidation sites excluding steroid dienone is 1. The number of methoxy groups -OCH3 is 1. The van der Waals surface area contributed by atoms with Gasteiger partial charge in [-0.25, -0.2) is 4.79 Å². The van der Waals surface area contributed by atoms with E-state index in [4.69, 9.17) is 30.5 Å². The monoisotopic (exact) mass is 641 g/mol. The topological polar surface area (TPSA) is 209 Å². The number of piperidine rings is 1. The molecule has 2 aliphatic heterocycles. The maximum absolute atomic E-state index is 13.3. The van der Waals surface area contributed by atoms with Crippen molar-refractivity contribution in [1.29, 1.82) is 5.41 Å². The number of carboxylic acid groups (broad SMARTS) is 1. The normalized spacial score (nSPS) is 24.3. The molecule has 1 spiro atoms. The number of guanidine groups is 1. The molecule has 0 saturated carbocycles. The Bertz CT molecular complexity index is 1430. The zero-order valence-electron chi connectivity index (χ0n) is 26.4. The number of benzene rings is 1. The van der Waals surface area contributed by atoms with Gasteiger partial charge in [-0.3, -0.25) is 19.8 Å². The van der Waals surface area contributed by atoms with E-state index >= 15 is 0 Å². The molecule has 15 nitrogen and oxygen atoms in total. The second-order valence-corrected chi connectivity index (χ2v) is 12.4. The summed E-state index contributed by atoms with van der Waals surface area (Å²) in [5.41, 5.74) is 7.40. The van der Waals surface area contributed by atoms with Gasteiger partial charge >= 0.3 is 12.1 Å². The molecule has 4 aliphatic rings. The van der Waals surface area contributed by atoms with Crippen molar-refractivity contribution >= 4 is 29.8 Å². The average Bonchev–Trinajstić information content (AvgIpc) is 3.36. The molecule has 1 aromatic carbocycles. The van der Waals surface area contributed by atoms with E-state index in [-0.39, 0.29) is 30.9 Å². The van der Waals surface area contributed by atoms with Gasteiger partial charge < -0.3 is 50.8 Å². The predicted octanol–water partition coefficient (Wildman–Crippen LogP) is 0.265. The van der Waals surface area contributed by atoms with Crippen LogP contribution in [0, 0.1) is 11.3 Å². The smallest absolute Gasteiger partial charge is 0.414 e. The van der Waals surface area contributed by atoms with Crippen molar-refractivity contribution in [2.75, 3.05) is 47.4 Å². The van der Waals surface area contributed by atoms with E-state index in [1.807, 2.05) is 12.1 Å². The first kappa shape index (κ1) is 32.9. The molecular weight excluding hydrogens is 598 g/mol. The molecule has 0 aromatic heterocycles. The number of hydrogen-bond donors (Lipinski definition) is 6. The molecule has 2 bridgehead atoms. The molecular formula is C31H43N7O8. The molecule has 7 N–H and O–H groups in total. The Hall–Kier alpha value is -4.53. The maximum atomic E-state index is 13.3. The standard InChI is InChI=1S/C31H43N7O8/c1-37-13-10-31-18-7-9-22(27(31)46-26-21(44-3)8-6-17(25(26)31)15-20(18)37)45-30(43)38(2)14-12-34-28(42)19(5-4-11-35-29(32)33)36-23(39)16-24(40)41/h6,8-9,18-20,27H,4-5,7,10-16H2,1-3H3,(H,34,42)(H,36,39)(H,40,41)(H4,32,33,35)/t18?,19-,20+,27?,31-/m0/s1. The van der Waals surface area contributed by atoms with E-state index in [2.05, 4.69) is 34.0 Å². The fourth-order valence-corrected chi connectivity index (χ4v) is 7.48. The number of likely N-dealkylation sites (N-methyl/N-ethyl adjacent to an activating group) is 2. The van der Waals surface area contributed by atoms with Crippen molar-refractivity contribution < 1.29 is 38.5 Å². The minimum absolute atomic E-state index is 0.0619. The number of carboxylic acids is 1. The van der Waals surface area contributed by atoms with E-state index < -0.39 is 42.4 Å². The first-order chi connectivity index (χ1) is 22.0. The van der Waals surface area contributed by atoms with Crippen LogP contribution in [0.5, 0.6) is 11.5 Å². The number of amides is 3. The van der Waals surface area contributed by atoms with Crippen LogP contribution >= 0.6 is 0 Å². The first-order valence-electron chi connectivity index (χ1n) is 15.5. The molecule has 2 unspecified atom stereocenters. The Labute approximate surface area is 267 Å². The van der Waals surface area contributed by atoms with E-state index in [9.17, 15) is 19.2 Å². The van der Waals surface area contributed by atoms with E-state index in [0.29, 0.717) is 36.4 Å². The van der Waals surface area contributed by atoms with Crippen molar-refractivity contribution in [3.8, 4) is 11.5 Å². The lowest BCUT2D eigenvalue weighted by Gasteiger charge is -2.56. The van der Waals surface area contributed by atoms with Crippen molar-refractivity contribution in [3.05, 3.63) is 35.1 Å². The zero-order chi connectivity index (χ0) is 33.2. The molecule has 2 aliphatic carbocycles. The van der Waals surface area contributed by atoms with Gasteiger partial charge in [0.15, 0.2) is 23.6 Å². The maximum Gasteiger partial charge on any atom is 0.414 e. The first-order valence-corrected chi connectivity index (χ1v) is 15.5. The molecule has 46 heavy (non-hydrogen) atoms. The molecule has 1 saturated heterocycles. The second kappa shape index (κ2) is 13.4. The Morgan fingerprint density at radius 1 is 1.26 bits per heavy atom. The Kier molecular flexibility index (Phi) is 9.60. The van der Waals surface area contributed by atoms with Crippen LogP contribution in [0.4, 0.5) is 4.79 Å². The lowest BCUT2D eigenvalue weighted by molar-refractivity contribution is -0.141. The number of carbonyl (C=O) groups is 4. The van der Waals surface area contributed by atoms with Gasteiger partial charge in [0.25, 0.3) is 0 Å². The van der Waals surface area contributed by atoms with Gasteiger partial charge in [0.05, 0.1) is 7.11 Å². The van der Waals surface area contributed by atoms with Crippen LogP contribution in [0.3, 0.4) is 0 Å². The second-order valence-electron chi connectivity index (χ2n) is 12.4. The summed E-state index contributed by atoms with van der Waals surface area (Å²) in [4.78, 5) is 52.9. The third-order valence-corrected chi connectivity index (χ3v) is 9.64. The van der Waals surface area contributed by atoms with Gasteiger partial charge in [0.2, 0.25) is 11.8 Å². The fraction of sp³-hybridized carbons (Fsp3) is 0.581. The van der Waals surface area contributed by atoms with Crippen LogP contribution in [-0.2, 0) is 31.0 Å². The number of nitrogens with zero attached hydrogens (tertiary/aromatic N) is 2. The summed E-state index contributed by atoms with van der Waals surface area (Å²) in [5, 5.41) is 23.9. The van der Waals surface area contributed by atoms with Crippen LogP contribution in [-0.4, -0.2) is 110 Å². The van der Waals surface area contributed by atoms with Gasteiger partial charge in [0.1, 0.15) is 18.2 Å². The Morgan fingerprint density at radius 2 is 2.04 bits per heavy atom. The number of ether oxygens (including phenoxy) is 3. The summed E-state index contributed by atoms with van der Waals surface area (Å²) in [6, 6.07) is 3.43. The molecule has 5 atom stereocenters. The zero-order valence-corrected chi connectivity index (χ0v) is 26.4. The molecule has 3 amide bonds. The van der Waals surface area contributed by atoms with Crippen LogP contribution in [0.1, 0.15) is 43.2 Å². The van der Waals surface area contributed by atoms with Crippen molar-refractivity contribution in [2.45, 2.75) is 62.1 Å².